The van der Waals surface area contributed by atoms with Gasteiger partial charge in [0.2, 0.25) is 0 Å². The maximum atomic E-state index is 12.2. The maximum Gasteiger partial charge on any atom is 0.338 e. The number of hydrogen-bond donors (Lipinski definition) is 0. The molecule has 1 fully saturated rings. The van der Waals surface area contributed by atoms with Crippen molar-refractivity contribution in [1.29, 1.82) is 0 Å². The minimum atomic E-state index is -0.387. The van der Waals surface area contributed by atoms with E-state index >= 15 is 0 Å². The number of carbonyl (C=O) groups excluding carboxylic acids is 2. The number of benzene rings is 2. The third kappa shape index (κ3) is 4.58. The quantitative estimate of drug-likeness (QED) is 0.727. The number of carbonyl (C=O) groups is 2. The lowest BCUT2D eigenvalue weighted by molar-refractivity contribution is 0.0471. The second-order valence-corrected chi connectivity index (χ2v) is 8.18. The van der Waals surface area contributed by atoms with Crippen LogP contribution in [0.1, 0.15) is 36.4 Å². The van der Waals surface area contributed by atoms with Gasteiger partial charge in [-0.25, -0.2) is 9.59 Å². The van der Waals surface area contributed by atoms with E-state index in [9.17, 15) is 9.59 Å². The SMILES string of the molecule is COC(=O)c1ccc(COC(=O)c2ccc(C3SCCS3)cc2)cc1. The fraction of sp³-hybridized carbons (Fsp3) is 0.263. The first-order valence-electron chi connectivity index (χ1n) is 7.85. The van der Waals surface area contributed by atoms with Gasteiger partial charge in [0.15, 0.2) is 0 Å². The summed E-state index contributed by atoms with van der Waals surface area (Å²) in [4.78, 5) is 23.6. The molecule has 1 heterocycles. The van der Waals surface area contributed by atoms with Crippen molar-refractivity contribution in [1.82, 2.24) is 0 Å². The van der Waals surface area contributed by atoms with Crippen molar-refractivity contribution in [3.63, 3.8) is 0 Å². The minimum absolute atomic E-state index is 0.163. The van der Waals surface area contributed by atoms with E-state index in [-0.39, 0.29) is 18.5 Å². The molecule has 130 valence electrons. The van der Waals surface area contributed by atoms with Crippen LogP contribution in [0, 0.1) is 0 Å². The van der Waals surface area contributed by atoms with Crippen LogP contribution in [-0.4, -0.2) is 30.6 Å². The molecule has 0 bridgehead atoms. The lowest BCUT2D eigenvalue weighted by atomic mass is 10.1. The standard InChI is InChI=1S/C19H18O4S2/c1-22-17(20)14-4-2-13(3-5-14)12-23-18(21)15-6-8-16(9-7-15)19-24-10-11-25-19/h2-9,19H,10-12H2,1H3. The Hall–Kier alpha value is -1.92. The highest BCUT2D eigenvalue weighted by atomic mass is 32.2. The van der Waals surface area contributed by atoms with Gasteiger partial charge in [-0.2, -0.15) is 0 Å². The molecule has 4 nitrogen and oxygen atoms in total. The Morgan fingerprint density at radius 1 is 0.920 bits per heavy atom. The summed E-state index contributed by atoms with van der Waals surface area (Å²) in [6.07, 6.45) is 0. The van der Waals surface area contributed by atoms with Crippen molar-refractivity contribution in [3.8, 4) is 0 Å². The molecule has 1 saturated heterocycles. The zero-order chi connectivity index (χ0) is 17.6. The van der Waals surface area contributed by atoms with Gasteiger partial charge >= 0.3 is 11.9 Å². The Morgan fingerprint density at radius 3 is 2.08 bits per heavy atom. The Kier molecular flexibility index (Phi) is 6.04. The Morgan fingerprint density at radius 2 is 1.48 bits per heavy atom. The van der Waals surface area contributed by atoms with E-state index in [0.717, 1.165) is 5.56 Å². The number of esters is 2. The molecular formula is C19H18O4S2. The van der Waals surface area contributed by atoms with Crippen molar-refractivity contribution in [2.75, 3.05) is 18.6 Å². The highest BCUT2D eigenvalue weighted by Crippen LogP contribution is 2.45. The van der Waals surface area contributed by atoms with Crippen molar-refractivity contribution in [2.45, 2.75) is 11.2 Å². The van der Waals surface area contributed by atoms with Gasteiger partial charge < -0.3 is 9.47 Å². The molecule has 0 N–H and O–H groups in total. The molecular weight excluding hydrogens is 356 g/mol. The zero-order valence-electron chi connectivity index (χ0n) is 13.8. The summed E-state index contributed by atoms with van der Waals surface area (Å²) in [5, 5.41) is 0. The molecule has 0 spiro atoms. The fourth-order valence-corrected chi connectivity index (χ4v) is 5.27. The van der Waals surface area contributed by atoms with Crippen molar-refractivity contribution < 1.29 is 19.1 Å². The molecule has 25 heavy (non-hydrogen) atoms. The first-order chi connectivity index (χ1) is 12.2. The first kappa shape index (κ1) is 17.9. The molecule has 0 aliphatic carbocycles. The van der Waals surface area contributed by atoms with Crippen molar-refractivity contribution in [2.24, 2.45) is 0 Å². The molecule has 0 unspecified atom stereocenters. The second kappa shape index (κ2) is 8.45. The Balaban J connectivity index is 1.56. The number of thioether (sulfide) groups is 2. The molecule has 1 aliphatic rings. The van der Waals surface area contributed by atoms with Crippen LogP contribution in [0.15, 0.2) is 48.5 Å². The monoisotopic (exact) mass is 374 g/mol. The fourth-order valence-electron chi connectivity index (χ4n) is 2.41. The smallest absolute Gasteiger partial charge is 0.338 e. The Labute approximate surface area is 155 Å². The summed E-state index contributed by atoms with van der Waals surface area (Å²) < 4.78 is 10.5. The number of hydrogen-bond acceptors (Lipinski definition) is 6. The highest BCUT2D eigenvalue weighted by Gasteiger charge is 2.18. The van der Waals surface area contributed by atoms with Gasteiger partial charge in [0.1, 0.15) is 6.61 Å². The van der Waals surface area contributed by atoms with Gasteiger partial charge in [0.05, 0.1) is 22.8 Å². The van der Waals surface area contributed by atoms with Crippen molar-refractivity contribution in [3.05, 3.63) is 70.8 Å². The molecule has 0 saturated carbocycles. The van der Waals surface area contributed by atoms with Crippen LogP contribution >= 0.6 is 23.5 Å². The summed E-state index contributed by atoms with van der Waals surface area (Å²) in [6, 6.07) is 14.4. The molecule has 6 heteroatoms. The molecule has 0 aromatic heterocycles. The lowest BCUT2D eigenvalue weighted by Gasteiger charge is -2.09. The average molecular weight is 374 g/mol. The lowest BCUT2D eigenvalue weighted by Crippen LogP contribution is -2.06. The highest BCUT2D eigenvalue weighted by molar-refractivity contribution is 8.19. The first-order valence-corrected chi connectivity index (χ1v) is 9.94. The second-order valence-electron chi connectivity index (χ2n) is 5.46. The largest absolute Gasteiger partial charge is 0.465 e. The van der Waals surface area contributed by atoms with Crippen molar-refractivity contribution >= 4 is 35.5 Å². The molecule has 0 atom stereocenters. The molecule has 2 aromatic rings. The maximum absolute atomic E-state index is 12.2. The molecule has 0 radical (unpaired) electrons. The van der Waals surface area contributed by atoms with E-state index in [2.05, 4.69) is 4.74 Å². The summed E-state index contributed by atoms with van der Waals surface area (Å²) in [5.74, 6) is 1.61. The molecule has 1 aliphatic heterocycles. The summed E-state index contributed by atoms with van der Waals surface area (Å²) >= 11 is 3.87. The van der Waals surface area contributed by atoms with Gasteiger partial charge in [-0.1, -0.05) is 24.3 Å². The topological polar surface area (TPSA) is 52.6 Å². The summed E-state index contributed by atoms with van der Waals surface area (Å²) in [7, 11) is 1.34. The third-order valence-electron chi connectivity index (χ3n) is 3.79. The van der Waals surface area contributed by atoms with E-state index in [0.29, 0.717) is 15.7 Å². The molecule has 2 aromatic carbocycles. The van der Waals surface area contributed by atoms with Crippen LogP contribution in [0.2, 0.25) is 0 Å². The van der Waals surface area contributed by atoms with Crippen LogP contribution in [0.25, 0.3) is 0 Å². The predicted octanol–water partition coefficient (Wildman–Crippen LogP) is 4.31. The van der Waals surface area contributed by atoms with Crippen LogP contribution < -0.4 is 0 Å². The van der Waals surface area contributed by atoms with E-state index in [1.807, 2.05) is 47.8 Å². The van der Waals surface area contributed by atoms with Gasteiger partial charge in [0, 0.05) is 11.5 Å². The normalized spacial score (nSPS) is 14.3. The van der Waals surface area contributed by atoms with E-state index in [1.165, 1.54) is 24.2 Å². The Bertz CT molecular complexity index is 735. The zero-order valence-corrected chi connectivity index (χ0v) is 15.4. The number of rotatable bonds is 5. The van der Waals surface area contributed by atoms with Gasteiger partial charge in [-0.15, -0.1) is 23.5 Å². The molecule has 3 rings (SSSR count). The van der Waals surface area contributed by atoms with Crippen LogP contribution in [0.3, 0.4) is 0 Å². The van der Waals surface area contributed by atoms with Gasteiger partial charge in [0.25, 0.3) is 0 Å². The van der Waals surface area contributed by atoms with E-state index in [1.54, 1.807) is 24.3 Å². The summed E-state index contributed by atoms with van der Waals surface area (Å²) in [5.41, 5.74) is 3.07. The number of ether oxygens (including phenoxy) is 2. The van der Waals surface area contributed by atoms with Gasteiger partial charge in [-0.05, 0) is 35.4 Å². The van der Waals surface area contributed by atoms with E-state index < -0.39 is 0 Å². The third-order valence-corrected chi connectivity index (χ3v) is 6.89. The minimum Gasteiger partial charge on any atom is -0.465 e. The average Bonchev–Trinajstić information content (AvgIpc) is 3.21. The van der Waals surface area contributed by atoms with Crippen LogP contribution in [0.4, 0.5) is 0 Å². The van der Waals surface area contributed by atoms with Crippen LogP contribution in [-0.2, 0) is 16.1 Å². The predicted molar refractivity (Wildman–Crippen MR) is 101 cm³/mol. The van der Waals surface area contributed by atoms with E-state index in [4.69, 9.17) is 4.74 Å². The number of methoxy groups -OCH3 is 1. The summed E-state index contributed by atoms with van der Waals surface area (Å²) in [6.45, 7) is 0.163. The van der Waals surface area contributed by atoms with Gasteiger partial charge in [-0.3, -0.25) is 0 Å². The van der Waals surface area contributed by atoms with Crippen LogP contribution in [0.5, 0.6) is 0 Å². The molecule has 0 amide bonds.